The molecule has 2 rings (SSSR count). The molecule has 6 nitrogen and oxygen atoms in total. The molecular weight excluding hydrogens is 258 g/mol. The number of aryl methyl sites for hydroxylation is 1. The van der Waals surface area contributed by atoms with Crippen LogP contribution < -0.4 is 10.6 Å². The Labute approximate surface area is 116 Å². The summed E-state index contributed by atoms with van der Waals surface area (Å²) in [5.41, 5.74) is 2.35. The van der Waals surface area contributed by atoms with E-state index in [1.165, 1.54) is 6.92 Å². The van der Waals surface area contributed by atoms with Crippen LogP contribution in [0.2, 0.25) is 0 Å². The maximum absolute atomic E-state index is 11.7. The lowest BCUT2D eigenvalue weighted by molar-refractivity contribution is -0.121. The lowest BCUT2D eigenvalue weighted by Gasteiger charge is -2.05. The lowest BCUT2D eigenvalue weighted by Crippen LogP contribution is -2.34. The predicted octanol–water partition coefficient (Wildman–Crippen LogP) is 0.931. The summed E-state index contributed by atoms with van der Waals surface area (Å²) in [6, 6.07) is 5.51. The van der Waals surface area contributed by atoms with Crippen LogP contribution in [-0.2, 0) is 16.0 Å². The normalized spacial score (nSPS) is 10.5. The van der Waals surface area contributed by atoms with Crippen molar-refractivity contribution in [3.8, 4) is 0 Å². The van der Waals surface area contributed by atoms with Crippen LogP contribution in [0.3, 0.4) is 0 Å². The fourth-order valence-electron chi connectivity index (χ4n) is 1.89. The number of rotatable bonds is 5. The molecule has 0 spiro atoms. The number of oxazole rings is 1. The van der Waals surface area contributed by atoms with E-state index in [1.54, 1.807) is 6.92 Å². The Kier molecular flexibility index (Phi) is 4.34. The number of hydrogen-bond acceptors (Lipinski definition) is 4. The lowest BCUT2D eigenvalue weighted by atomic mass is 10.1. The second-order valence-electron chi connectivity index (χ2n) is 4.54. The monoisotopic (exact) mass is 275 g/mol. The van der Waals surface area contributed by atoms with Crippen molar-refractivity contribution < 1.29 is 14.0 Å². The summed E-state index contributed by atoms with van der Waals surface area (Å²) in [6.45, 7) is 4.08. The van der Waals surface area contributed by atoms with Gasteiger partial charge in [0.2, 0.25) is 11.8 Å². The second kappa shape index (κ2) is 6.18. The molecule has 106 valence electrons. The first-order chi connectivity index (χ1) is 9.54. The summed E-state index contributed by atoms with van der Waals surface area (Å²) in [6.07, 6.45) is 0.280. The zero-order chi connectivity index (χ0) is 14.5. The molecule has 0 saturated heterocycles. The third-order valence-electron chi connectivity index (χ3n) is 2.74. The van der Waals surface area contributed by atoms with Crippen LogP contribution in [0.5, 0.6) is 0 Å². The number of amides is 2. The van der Waals surface area contributed by atoms with E-state index in [0.717, 1.165) is 16.7 Å². The van der Waals surface area contributed by atoms with E-state index in [2.05, 4.69) is 15.6 Å². The number of fused-ring (bicyclic) bond motifs is 1. The van der Waals surface area contributed by atoms with Gasteiger partial charge in [-0.25, -0.2) is 4.98 Å². The number of aromatic nitrogens is 1. The summed E-state index contributed by atoms with van der Waals surface area (Å²) in [7, 11) is 0. The Morgan fingerprint density at radius 2 is 2.00 bits per heavy atom. The minimum absolute atomic E-state index is 0.0880. The molecule has 0 radical (unpaired) electrons. The molecule has 20 heavy (non-hydrogen) atoms. The number of hydrogen-bond donors (Lipinski definition) is 2. The van der Waals surface area contributed by atoms with E-state index in [1.807, 2.05) is 18.2 Å². The Balaban J connectivity index is 1.87. The summed E-state index contributed by atoms with van der Waals surface area (Å²) in [4.78, 5) is 26.6. The number of nitrogens with zero attached hydrogens (tertiary/aromatic N) is 1. The maximum Gasteiger partial charge on any atom is 0.224 e. The number of carbonyl (C=O) groups excluding carboxylic acids is 2. The van der Waals surface area contributed by atoms with Crippen LogP contribution in [0.25, 0.3) is 11.1 Å². The van der Waals surface area contributed by atoms with Crippen LogP contribution in [0.4, 0.5) is 0 Å². The van der Waals surface area contributed by atoms with E-state index in [9.17, 15) is 9.59 Å². The Hall–Kier alpha value is -2.37. The van der Waals surface area contributed by atoms with Gasteiger partial charge in [-0.1, -0.05) is 6.07 Å². The van der Waals surface area contributed by atoms with Crippen molar-refractivity contribution in [1.29, 1.82) is 0 Å². The molecule has 0 aliphatic rings. The van der Waals surface area contributed by atoms with Crippen LogP contribution in [0.15, 0.2) is 22.6 Å². The van der Waals surface area contributed by atoms with E-state index in [4.69, 9.17) is 4.42 Å². The van der Waals surface area contributed by atoms with Gasteiger partial charge < -0.3 is 15.1 Å². The highest BCUT2D eigenvalue weighted by molar-refractivity contribution is 5.81. The molecule has 2 aromatic rings. The smallest absolute Gasteiger partial charge is 0.224 e. The molecule has 6 heteroatoms. The van der Waals surface area contributed by atoms with Gasteiger partial charge in [0.1, 0.15) is 5.52 Å². The van der Waals surface area contributed by atoms with Gasteiger partial charge in [-0.2, -0.15) is 0 Å². The van der Waals surface area contributed by atoms with Gasteiger partial charge in [0.25, 0.3) is 0 Å². The first-order valence-electron chi connectivity index (χ1n) is 6.42. The van der Waals surface area contributed by atoms with Crippen LogP contribution in [0, 0.1) is 6.92 Å². The van der Waals surface area contributed by atoms with Gasteiger partial charge in [0, 0.05) is 26.9 Å². The molecule has 0 saturated carbocycles. The molecule has 0 bridgehead atoms. The van der Waals surface area contributed by atoms with Crippen LogP contribution >= 0.6 is 0 Å². The molecule has 1 heterocycles. The third kappa shape index (κ3) is 3.81. The van der Waals surface area contributed by atoms with Gasteiger partial charge in [0.05, 0.1) is 6.42 Å². The summed E-state index contributed by atoms with van der Waals surface area (Å²) in [5.74, 6) is 0.415. The van der Waals surface area contributed by atoms with Crippen molar-refractivity contribution >= 4 is 22.9 Å². The fraction of sp³-hybridized carbons (Fsp3) is 0.357. The molecule has 0 atom stereocenters. The Morgan fingerprint density at radius 1 is 1.25 bits per heavy atom. The minimum Gasteiger partial charge on any atom is -0.441 e. The SMILES string of the molecule is CC(=O)NCCNC(=O)Cc1ccc2oc(C)nc2c1. The van der Waals surface area contributed by atoms with E-state index in [-0.39, 0.29) is 18.2 Å². The minimum atomic E-state index is -0.105. The van der Waals surface area contributed by atoms with Crippen LogP contribution in [-0.4, -0.2) is 29.9 Å². The van der Waals surface area contributed by atoms with Crippen molar-refractivity contribution in [2.45, 2.75) is 20.3 Å². The zero-order valence-corrected chi connectivity index (χ0v) is 11.5. The first-order valence-corrected chi connectivity index (χ1v) is 6.42. The van der Waals surface area contributed by atoms with Crippen molar-refractivity contribution in [1.82, 2.24) is 15.6 Å². The number of carbonyl (C=O) groups is 2. The summed E-state index contributed by atoms with van der Waals surface area (Å²) in [5, 5.41) is 5.36. The van der Waals surface area contributed by atoms with Gasteiger partial charge >= 0.3 is 0 Å². The molecule has 0 aliphatic carbocycles. The predicted molar refractivity (Wildman–Crippen MR) is 74.1 cm³/mol. The van der Waals surface area contributed by atoms with Gasteiger partial charge in [0.15, 0.2) is 11.5 Å². The second-order valence-corrected chi connectivity index (χ2v) is 4.54. The largest absolute Gasteiger partial charge is 0.441 e. The van der Waals surface area contributed by atoms with Gasteiger partial charge in [-0.3, -0.25) is 9.59 Å². The summed E-state index contributed by atoms with van der Waals surface area (Å²) >= 11 is 0. The van der Waals surface area contributed by atoms with E-state index in [0.29, 0.717) is 19.0 Å². The zero-order valence-electron chi connectivity index (χ0n) is 11.5. The summed E-state index contributed by atoms with van der Waals surface area (Å²) < 4.78 is 5.38. The van der Waals surface area contributed by atoms with Crippen molar-refractivity contribution in [3.05, 3.63) is 29.7 Å². The highest BCUT2D eigenvalue weighted by Crippen LogP contribution is 2.16. The van der Waals surface area contributed by atoms with Crippen molar-refractivity contribution in [3.63, 3.8) is 0 Å². The quantitative estimate of drug-likeness (QED) is 0.795. The fourth-order valence-corrected chi connectivity index (χ4v) is 1.89. The first kappa shape index (κ1) is 14.0. The molecule has 2 N–H and O–H groups in total. The highest BCUT2D eigenvalue weighted by atomic mass is 16.3. The highest BCUT2D eigenvalue weighted by Gasteiger charge is 2.07. The van der Waals surface area contributed by atoms with Gasteiger partial charge in [-0.05, 0) is 17.7 Å². The molecular formula is C14H17N3O3. The molecule has 1 aromatic carbocycles. The molecule has 0 aliphatic heterocycles. The van der Waals surface area contributed by atoms with Crippen molar-refractivity contribution in [2.24, 2.45) is 0 Å². The average Bonchev–Trinajstić information content (AvgIpc) is 2.74. The Morgan fingerprint density at radius 3 is 2.75 bits per heavy atom. The molecule has 2 amide bonds. The van der Waals surface area contributed by atoms with Crippen molar-refractivity contribution in [2.75, 3.05) is 13.1 Å². The molecule has 0 unspecified atom stereocenters. The topological polar surface area (TPSA) is 84.2 Å². The van der Waals surface area contributed by atoms with E-state index < -0.39 is 0 Å². The van der Waals surface area contributed by atoms with E-state index >= 15 is 0 Å². The van der Waals surface area contributed by atoms with Gasteiger partial charge in [-0.15, -0.1) is 0 Å². The third-order valence-corrected chi connectivity index (χ3v) is 2.74. The standard InChI is InChI=1S/C14H17N3O3/c1-9(18)15-5-6-16-14(19)8-11-3-4-13-12(7-11)17-10(2)20-13/h3-4,7H,5-6,8H2,1-2H3,(H,15,18)(H,16,19). The Bertz CT molecular complexity index is 634. The number of benzene rings is 1. The molecule has 0 fully saturated rings. The maximum atomic E-state index is 11.7. The molecule has 1 aromatic heterocycles. The number of nitrogens with one attached hydrogen (secondary N) is 2. The average molecular weight is 275 g/mol. The van der Waals surface area contributed by atoms with Crippen LogP contribution in [0.1, 0.15) is 18.4 Å².